The largest absolute Gasteiger partial charge is 0.496 e. The molecule has 4 heteroatoms. The van der Waals surface area contributed by atoms with Gasteiger partial charge in [0.1, 0.15) is 5.75 Å². The number of hydrogen-bond acceptors (Lipinski definition) is 4. The monoisotopic (exact) mass is 252 g/mol. The minimum atomic E-state index is -1.31. The van der Waals surface area contributed by atoms with Gasteiger partial charge in [-0.15, -0.1) is 0 Å². The van der Waals surface area contributed by atoms with Crippen molar-refractivity contribution in [2.24, 2.45) is 0 Å². The first-order valence-corrected chi connectivity index (χ1v) is 6.03. The Balaban J connectivity index is 3.11. The molecular weight excluding hydrogens is 232 g/mol. The van der Waals surface area contributed by atoms with E-state index in [9.17, 15) is 9.90 Å². The van der Waals surface area contributed by atoms with E-state index in [1.54, 1.807) is 19.1 Å². The fourth-order valence-corrected chi connectivity index (χ4v) is 1.67. The van der Waals surface area contributed by atoms with Crippen molar-refractivity contribution in [2.75, 3.05) is 13.7 Å². The van der Waals surface area contributed by atoms with Crippen molar-refractivity contribution in [2.45, 2.75) is 32.8 Å². The quantitative estimate of drug-likeness (QED) is 0.818. The zero-order valence-electron chi connectivity index (χ0n) is 11.3. The van der Waals surface area contributed by atoms with Crippen molar-refractivity contribution in [1.82, 2.24) is 0 Å². The van der Waals surface area contributed by atoms with Crippen LogP contribution in [0.2, 0.25) is 0 Å². The Kier molecular flexibility index (Phi) is 5.16. The van der Waals surface area contributed by atoms with Crippen LogP contribution in [-0.4, -0.2) is 24.8 Å². The Morgan fingerprint density at radius 3 is 2.56 bits per heavy atom. The van der Waals surface area contributed by atoms with Gasteiger partial charge in [0.25, 0.3) is 0 Å². The predicted molar refractivity (Wildman–Crippen MR) is 68.7 cm³/mol. The van der Waals surface area contributed by atoms with Gasteiger partial charge in [0.05, 0.1) is 13.7 Å². The summed E-state index contributed by atoms with van der Waals surface area (Å²) in [7, 11) is 1.51. The zero-order valence-corrected chi connectivity index (χ0v) is 11.3. The third-order valence-corrected chi connectivity index (χ3v) is 2.72. The van der Waals surface area contributed by atoms with Gasteiger partial charge in [-0.05, 0) is 30.5 Å². The van der Waals surface area contributed by atoms with E-state index in [4.69, 9.17) is 9.47 Å². The summed E-state index contributed by atoms with van der Waals surface area (Å²) >= 11 is 0. The van der Waals surface area contributed by atoms with Crippen LogP contribution in [0, 0.1) is 0 Å². The van der Waals surface area contributed by atoms with Crippen molar-refractivity contribution in [3.8, 4) is 5.75 Å². The Morgan fingerprint density at radius 2 is 2.06 bits per heavy atom. The third-order valence-electron chi connectivity index (χ3n) is 2.72. The standard InChI is InChI=1S/C14H20O4/c1-5-18-14(16)13(15)11-8-10(9(2)3)6-7-12(11)17-4/h6-9,13,15H,5H2,1-4H3. The molecule has 1 N–H and O–H groups in total. The fourth-order valence-electron chi connectivity index (χ4n) is 1.67. The van der Waals surface area contributed by atoms with Crippen LogP contribution in [0.25, 0.3) is 0 Å². The summed E-state index contributed by atoms with van der Waals surface area (Å²) in [5.41, 5.74) is 1.48. The highest BCUT2D eigenvalue weighted by atomic mass is 16.5. The van der Waals surface area contributed by atoms with Crippen LogP contribution in [0.3, 0.4) is 0 Å². The summed E-state index contributed by atoms with van der Waals surface area (Å²) in [4.78, 5) is 11.6. The molecule has 1 unspecified atom stereocenters. The van der Waals surface area contributed by atoms with Crippen molar-refractivity contribution in [3.63, 3.8) is 0 Å². The van der Waals surface area contributed by atoms with Crippen LogP contribution in [0.15, 0.2) is 18.2 Å². The van der Waals surface area contributed by atoms with Gasteiger partial charge in [-0.1, -0.05) is 19.9 Å². The highest BCUT2D eigenvalue weighted by molar-refractivity contribution is 5.77. The van der Waals surface area contributed by atoms with Crippen LogP contribution >= 0.6 is 0 Å². The summed E-state index contributed by atoms with van der Waals surface area (Å²) in [6, 6.07) is 5.46. The molecule has 4 nitrogen and oxygen atoms in total. The first-order valence-electron chi connectivity index (χ1n) is 6.03. The number of rotatable bonds is 5. The average Bonchev–Trinajstić information content (AvgIpc) is 2.37. The molecule has 1 atom stereocenters. The van der Waals surface area contributed by atoms with Gasteiger partial charge in [0, 0.05) is 5.56 Å². The fraction of sp³-hybridized carbons (Fsp3) is 0.500. The Labute approximate surface area is 108 Å². The maximum atomic E-state index is 11.6. The van der Waals surface area contributed by atoms with E-state index in [1.807, 2.05) is 19.9 Å². The number of aliphatic hydroxyl groups excluding tert-OH is 1. The molecule has 0 aliphatic rings. The second kappa shape index (κ2) is 6.40. The molecule has 0 aliphatic carbocycles. The highest BCUT2D eigenvalue weighted by Crippen LogP contribution is 2.29. The summed E-state index contributed by atoms with van der Waals surface area (Å²) in [5, 5.41) is 9.98. The molecule has 1 rings (SSSR count). The first-order chi connectivity index (χ1) is 8.51. The van der Waals surface area contributed by atoms with Crippen LogP contribution in [0.4, 0.5) is 0 Å². The molecule has 0 amide bonds. The first kappa shape index (κ1) is 14.5. The van der Waals surface area contributed by atoms with Crippen LogP contribution in [0.5, 0.6) is 5.75 Å². The lowest BCUT2D eigenvalue weighted by atomic mass is 9.98. The predicted octanol–water partition coefficient (Wildman–Crippen LogP) is 2.42. The van der Waals surface area contributed by atoms with Crippen molar-refractivity contribution < 1.29 is 19.4 Å². The van der Waals surface area contributed by atoms with E-state index in [0.29, 0.717) is 17.2 Å². The smallest absolute Gasteiger partial charge is 0.339 e. The lowest BCUT2D eigenvalue weighted by Gasteiger charge is -2.16. The highest BCUT2D eigenvalue weighted by Gasteiger charge is 2.23. The number of aliphatic hydroxyl groups is 1. The summed E-state index contributed by atoms with van der Waals surface area (Å²) in [6.07, 6.45) is -1.31. The molecule has 0 heterocycles. The SMILES string of the molecule is CCOC(=O)C(O)c1cc(C(C)C)ccc1OC. The molecule has 0 fully saturated rings. The van der Waals surface area contributed by atoms with E-state index in [1.165, 1.54) is 7.11 Å². The second-order valence-corrected chi connectivity index (χ2v) is 4.31. The molecule has 0 bridgehead atoms. The maximum Gasteiger partial charge on any atom is 0.339 e. The average molecular weight is 252 g/mol. The van der Waals surface area contributed by atoms with Gasteiger partial charge < -0.3 is 14.6 Å². The molecule has 0 radical (unpaired) electrons. The molecule has 1 aromatic carbocycles. The van der Waals surface area contributed by atoms with Gasteiger partial charge in [0.15, 0.2) is 6.10 Å². The Hall–Kier alpha value is -1.55. The second-order valence-electron chi connectivity index (χ2n) is 4.31. The number of hydrogen-bond donors (Lipinski definition) is 1. The number of carbonyl (C=O) groups excluding carboxylic acids is 1. The molecule has 18 heavy (non-hydrogen) atoms. The van der Waals surface area contributed by atoms with E-state index < -0.39 is 12.1 Å². The molecule has 0 aliphatic heterocycles. The molecule has 0 saturated carbocycles. The molecular formula is C14H20O4. The van der Waals surface area contributed by atoms with E-state index in [2.05, 4.69) is 0 Å². The molecule has 0 aromatic heterocycles. The zero-order chi connectivity index (χ0) is 13.7. The minimum absolute atomic E-state index is 0.238. The van der Waals surface area contributed by atoms with E-state index >= 15 is 0 Å². The maximum absolute atomic E-state index is 11.6. The summed E-state index contributed by atoms with van der Waals surface area (Å²) in [6.45, 7) is 6.03. The molecule has 0 saturated heterocycles. The number of methoxy groups -OCH3 is 1. The lowest BCUT2D eigenvalue weighted by molar-refractivity contribution is -0.153. The molecule has 0 spiro atoms. The van der Waals surface area contributed by atoms with Crippen LogP contribution < -0.4 is 4.74 Å². The van der Waals surface area contributed by atoms with Gasteiger partial charge in [-0.2, -0.15) is 0 Å². The minimum Gasteiger partial charge on any atom is -0.496 e. The Morgan fingerprint density at radius 1 is 1.39 bits per heavy atom. The number of benzene rings is 1. The Bertz CT molecular complexity index is 412. The molecule has 100 valence electrons. The van der Waals surface area contributed by atoms with Crippen LogP contribution in [-0.2, 0) is 9.53 Å². The van der Waals surface area contributed by atoms with E-state index in [0.717, 1.165) is 5.56 Å². The molecule has 1 aromatic rings. The number of carbonyl (C=O) groups is 1. The van der Waals surface area contributed by atoms with E-state index in [-0.39, 0.29) is 6.61 Å². The van der Waals surface area contributed by atoms with Crippen molar-refractivity contribution in [1.29, 1.82) is 0 Å². The van der Waals surface area contributed by atoms with Gasteiger partial charge in [-0.25, -0.2) is 4.79 Å². The summed E-state index contributed by atoms with van der Waals surface area (Å²) in [5.74, 6) is 0.140. The number of esters is 1. The topological polar surface area (TPSA) is 55.8 Å². The van der Waals surface area contributed by atoms with Gasteiger partial charge in [-0.3, -0.25) is 0 Å². The summed E-state index contributed by atoms with van der Waals surface area (Å²) < 4.78 is 9.98. The third kappa shape index (κ3) is 3.23. The normalized spacial score (nSPS) is 12.3. The van der Waals surface area contributed by atoms with Crippen LogP contribution in [0.1, 0.15) is 43.9 Å². The number of ether oxygens (including phenoxy) is 2. The van der Waals surface area contributed by atoms with Crippen molar-refractivity contribution >= 4 is 5.97 Å². The lowest BCUT2D eigenvalue weighted by Crippen LogP contribution is -2.16. The van der Waals surface area contributed by atoms with Gasteiger partial charge in [0.2, 0.25) is 0 Å². The van der Waals surface area contributed by atoms with Crippen molar-refractivity contribution in [3.05, 3.63) is 29.3 Å². The van der Waals surface area contributed by atoms with Gasteiger partial charge >= 0.3 is 5.97 Å².